The second kappa shape index (κ2) is 9.46. The van der Waals surface area contributed by atoms with Gasteiger partial charge in [0.25, 0.3) is 5.91 Å². The van der Waals surface area contributed by atoms with E-state index in [1.807, 2.05) is 43.0 Å². The normalized spacial score (nSPS) is 16.0. The van der Waals surface area contributed by atoms with Crippen LogP contribution in [-0.2, 0) is 6.42 Å². The highest BCUT2D eigenvalue weighted by molar-refractivity contribution is 5.96. The van der Waals surface area contributed by atoms with Crippen LogP contribution in [0.15, 0.2) is 34.9 Å². The summed E-state index contributed by atoms with van der Waals surface area (Å²) in [5.74, 6) is 2.37. The molecule has 3 heterocycles. The maximum Gasteiger partial charge on any atom is 0.259 e. The fourth-order valence-corrected chi connectivity index (χ4v) is 4.11. The topological polar surface area (TPSA) is 93.5 Å². The molecule has 170 valence electrons. The molecule has 1 amide bonds. The molecule has 1 atom stereocenters. The van der Waals surface area contributed by atoms with E-state index in [0.717, 1.165) is 35.0 Å². The van der Waals surface area contributed by atoms with Crippen LogP contribution in [0.3, 0.4) is 0 Å². The van der Waals surface area contributed by atoms with E-state index in [9.17, 15) is 4.79 Å². The van der Waals surface area contributed by atoms with Crippen LogP contribution in [0.1, 0.15) is 65.3 Å². The number of benzene rings is 1. The van der Waals surface area contributed by atoms with E-state index in [1.165, 1.54) is 0 Å². The van der Waals surface area contributed by atoms with Gasteiger partial charge in [0.05, 0.1) is 25.1 Å². The predicted octanol–water partition coefficient (Wildman–Crippen LogP) is 4.09. The maximum atomic E-state index is 13.1. The number of nitrogens with zero attached hydrogens (tertiary/aromatic N) is 3. The summed E-state index contributed by atoms with van der Waals surface area (Å²) >= 11 is 0. The standard InChI is InChI=1S/C24H30N4O4/c1-15(2)23-22(16(3)32-27-23)24(29)28-11-9-17(14-28)19-13-18(25-26-19)10-12-31-21-8-6-5-7-20(21)30-4/h5-8,13,15,17H,9-12,14H2,1-4H3,(H,25,26)/t17-/m1/s1. The van der Waals surface area contributed by atoms with E-state index in [2.05, 4.69) is 21.4 Å². The zero-order valence-corrected chi connectivity index (χ0v) is 19.1. The fourth-order valence-electron chi connectivity index (χ4n) is 4.11. The van der Waals surface area contributed by atoms with Gasteiger partial charge in [0.1, 0.15) is 11.3 Å². The van der Waals surface area contributed by atoms with Gasteiger partial charge in [0.2, 0.25) is 0 Å². The molecule has 8 heteroatoms. The van der Waals surface area contributed by atoms with Gasteiger partial charge in [-0.25, -0.2) is 0 Å². The van der Waals surface area contributed by atoms with Crippen LogP contribution in [0.5, 0.6) is 11.5 Å². The first kappa shape index (κ1) is 21.9. The molecule has 0 aliphatic carbocycles. The molecule has 1 aromatic carbocycles. The van der Waals surface area contributed by atoms with E-state index in [0.29, 0.717) is 37.4 Å². The molecule has 0 radical (unpaired) electrons. The highest BCUT2D eigenvalue weighted by Crippen LogP contribution is 2.30. The second-order valence-corrected chi connectivity index (χ2v) is 8.46. The quantitative estimate of drug-likeness (QED) is 0.569. The molecular formula is C24H30N4O4. The number of nitrogens with one attached hydrogen (secondary N) is 1. The number of hydrogen-bond acceptors (Lipinski definition) is 6. The smallest absolute Gasteiger partial charge is 0.259 e. The van der Waals surface area contributed by atoms with Crippen LogP contribution < -0.4 is 9.47 Å². The minimum Gasteiger partial charge on any atom is -0.493 e. The molecule has 0 bridgehead atoms. The Hall–Kier alpha value is -3.29. The van der Waals surface area contributed by atoms with Crippen molar-refractivity contribution in [3.63, 3.8) is 0 Å². The number of hydrogen-bond donors (Lipinski definition) is 1. The Kier molecular flexibility index (Phi) is 6.48. The number of rotatable bonds is 8. The summed E-state index contributed by atoms with van der Waals surface area (Å²) < 4.78 is 16.5. The number of carbonyl (C=O) groups is 1. The molecule has 2 aromatic heterocycles. The lowest BCUT2D eigenvalue weighted by Gasteiger charge is -2.16. The number of amides is 1. The summed E-state index contributed by atoms with van der Waals surface area (Å²) in [4.78, 5) is 15.0. The Labute approximate surface area is 187 Å². The number of ether oxygens (including phenoxy) is 2. The number of carbonyl (C=O) groups excluding carboxylic acids is 1. The molecule has 0 saturated carbocycles. The van der Waals surface area contributed by atoms with Gasteiger partial charge in [-0.15, -0.1) is 0 Å². The molecule has 1 saturated heterocycles. The monoisotopic (exact) mass is 438 g/mol. The Morgan fingerprint density at radius 1 is 1.31 bits per heavy atom. The minimum atomic E-state index is -0.00378. The summed E-state index contributed by atoms with van der Waals surface area (Å²) in [6.07, 6.45) is 1.59. The van der Waals surface area contributed by atoms with Crippen molar-refractivity contribution in [1.82, 2.24) is 20.3 Å². The first-order valence-corrected chi connectivity index (χ1v) is 11.0. The van der Waals surface area contributed by atoms with Gasteiger partial charge < -0.3 is 18.9 Å². The van der Waals surface area contributed by atoms with Crippen molar-refractivity contribution in [1.29, 1.82) is 0 Å². The Bertz CT molecular complexity index is 1070. The van der Waals surface area contributed by atoms with Gasteiger partial charge in [-0.2, -0.15) is 5.10 Å². The van der Waals surface area contributed by atoms with Crippen LogP contribution in [0.25, 0.3) is 0 Å². The van der Waals surface area contributed by atoms with Gasteiger partial charge >= 0.3 is 0 Å². The van der Waals surface area contributed by atoms with Gasteiger partial charge in [0, 0.05) is 31.1 Å². The second-order valence-electron chi connectivity index (χ2n) is 8.46. The lowest BCUT2D eigenvalue weighted by atomic mass is 10.0. The molecular weight excluding hydrogens is 408 g/mol. The van der Waals surface area contributed by atoms with Gasteiger partial charge in [-0.05, 0) is 37.5 Å². The van der Waals surface area contributed by atoms with Crippen LogP contribution >= 0.6 is 0 Å². The zero-order chi connectivity index (χ0) is 22.7. The molecule has 0 spiro atoms. The predicted molar refractivity (Wildman–Crippen MR) is 119 cm³/mol. The van der Waals surface area contributed by atoms with E-state index >= 15 is 0 Å². The highest BCUT2D eigenvalue weighted by atomic mass is 16.5. The van der Waals surface area contributed by atoms with Crippen LogP contribution in [0, 0.1) is 6.92 Å². The fraction of sp³-hybridized carbons (Fsp3) is 0.458. The molecule has 32 heavy (non-hydrogen) atoms. The van der Waals surface area contributed by atoms with Crippen molar-refractivity contribution in [2.75, 3.05) is 26.8 Å². The van der Waals surface area contributed by atoms with E-state index in [1.54, 1.807) is 14.0 Å². The number of aromatic nitrogens is 3. The summed E-state index contributed by atoms with van der Waals surface area (Å²) in [6, 6.07) is 9.68. The molecule has 0 unspecified atom stereocenters. The van der Waals surface area contributed by atoms with Crippen molar-refractivity contribution in [3.05, 3.63) is 58.7 Å². The maximum absolute atomic E-state index is 13.1. The third-order valence-corrected chi connectivity index (χ3v) is 5.89. The van der Waals surface area contributed by atoms with Crippen molar-refractivity contribution in [2.45, 2.75) is 45.4 Å². The van der Waals surface area contributed by atoms with Gasteiger partial charge in [-0.3, -0.25) is 9.89 Å². The molecule has 1 aliphatic heterocycles. The number of methoxy groups -OCH3 is 1. The third-order valence-electron chi connectivity index (χ3n) is 5.89. The van der Waals surface area contributed by atoms with Crippen LogP contribution in [-0.4, -0.2) is 53.0 Å². The number of likely N-dealkylation sites (tertiary alicyclic amines) is 1. The summed E-state index contributed by atoms with van der Waals surface area (Å²) in [6.45, 7) is 7.69. The van der Waals surface area contributed by atoms with E-state index < -0.39 is 0 Å². The largest absolute Gasteiger partial charge is 0.493 e. The molecule has 8 nitrogen and oxygen atoms in total. The Morgan fingerprint density at radius 3 is 2.84 bits per heavy atom. The molecule has 3 aromatic rings. The van der Waals surface area contributed by atoms with Gasteiger partial charge in [0.15, 0.2) is 11.5 Å². The van der Waals surface area contributed by atoms with Gasteiger partial charge in [-0.1, -0.05) is 31.1 Å². The van der Waals surface area contributed by atoms with Crippen LogP contribution in [0.4, 0.5) is 0 Å². The summed E-state index contributed by atoms with van der Waals surface area (Å²) in [7, 11) is 1.63. The molecule has 4 rings (SSSR count). The molecule has 1 fully saturated rings. The van der Waals surface area contributed by atoms with E-state index in [-0.39, 0.29) is 17.7 Å². The first-order chi connectivity index (χ1) is 15.5. The average molecular weight is 439 g/mol. The number of aryl methyl sites for hydroxylation is 1. The van der Waals surface area contributed by atoms with Crippen molar-refractivity contribution < 1.29 is 18.8 Å². The highest BCUT2D eigenvalue weighted by Gasteiger charge is 2.33. The summed E-state index contributed by atoms with van der Waals surface area (Å²) in [5, 5.41) is 11.7. The Balaban J connectivity index is 1.34. The summed E-state index contributed by atoms with van der Waals surface area (Å²) in [5.41, 5.74) is 3.33. The number of H-pyrrole nitrogens is 1. The lowest BCUT2D eigenvalue weighted by Crippen LogP contribution is -2.29. The molecule has 1 aliphatic rings. The first-order valence-electron chi connectivity index (χ1n) is 11.0. The SMILES string of the molecule is COc1ccccc1OCCc1cc([C@@H]2CCN(C(=O)c3c(C(C)C)noc3C)C2)n[nH]1. The van der Waals surface area contributed by atoms with Crippen molar-refractivity contribution in [2.24, 2.45) is 0 Å². The zero-order valence-electron chi connectivity index (χ0n) is 19.1. The van der Waals surface area contributed by atoms with E-state index in [4.69, 9.17) is 14.0 Å². The average Bonchev–Trinajstić information content (AvgIpc) is 3.53. The van der Waals surface area contributed by atoms with Crippen LogP contribution in [0.2, 0.25) is 0 Å². The van der Waals surface area contributed by atoms with Crippen molar-refractivity contribution >= 4 is 5.91 Å². The van der Waals surface area contributed by atoms with Crippen molar-refractivity contribution in [3.8, 4) is 11.5 Å². The minimum absolute atomic E-state index is 0.00378. The lowest BCUT2D eigenvalue weighted by molar-refractivity contribution is 0.0787. The number of para-hydroxylation sites is 2. The molecule has 1 N–H and O–H groups in total. The Morgan fingerprint density at radius 2 is 2.09 bits per heavy atom. The third kappa shape index (κ3) is 4.49. The number of aromatic amines is 1.